The summed E-state index contributed by atoms with van der Waals surface area (Å²) in [6.07, 6.45) is 1.59. The minimum atomic E-state index is -0.538. The molecule has 1 aliphatic rings. The van der Waals surface area contributed by atoms with E-state index in [4.69, 9.17) is 21.7 Å². The lowest BCUT2D eigenvalue weighted by molar-refractivity contribution is -0.122. The number of nitrogens with zero attached hydrogens (tertiary/aromatic N) is 1. The summed E-state index contributed by atoms with van der Waals surface area (Å²) in [6.45, 7) is 3.88. The summed E-state index contributed by atoms with van der Waals surface area (Å²) >= 11 is 5.22. The van der Waals surface area contributed by atoms with Gasteiger partial charge in [0.05, 0.1) is 18.9 Å². The highest BCUT2D eigenvalue weighted by molar-refractivity contribution is 7.80. The van der Waals surface area contributed by atoms with E-state index in [0.29, 0.717) is 22.7 Å². The van der Waals surface area contributed by atoms with Crippen LogP contribution in [0.4, 0.5) is 5.69 Å². The number of amides is 2. The SMILES string of the molecule is COc1ccccc1N1C(=O)/C(=C/c2ccc(OC(C)C)cc2)C(=O)NC1=S. The second-order valence-corrected chi connectivity index (χ2v) is 6.75. The third kappa shape index (κ3) is 4.04. The topological polar surface area (TPSA) is 67.9 Å². The van der Waals surface area contributed by atoms with Gasteiger partial charge in [0.15, 0.2) is 5.11 Å². The first kappa shape index (κ1) is 19.6. The van der Waals surface area contributed by atoms with E-state index in [2.05, 4.69) is 5.32 Å². The van der Waals surface area contributed by atoms with Gasteiger partial charge in [0.25, 0.3) is 11.8 Å². The van der Waals surface area contributed by atoms with Crippen LogP contribution in [-0.2, 0) is 9.59 Å². The monoisotopic (exact) mass is 396 g/mol. The molecule has 0 unspecified atom stereocenters. The number of hydrogen-bond donors (Lipinski definition) is 1. The van der Waals surface area contributed by atoms with Crippen molar-refractivity contribution in [3.05, 3.63) is 59.7 Å². The number of rotatable bonds is 5. The van der Waals surface area contributed by atoms with Gasteiger partial charge in [-0.05, 0) is 62.0 Å². The second kappa shape index (κ2) is 8.22. The van der Waals surface area contributed by atoms with Crippen LogP contribution >= 0.6 is 12.2 Å². The molecule has 0 atom stereocenters. The molecule has 7 heteroatoms. The first-order valence-corrected chi connectivity index (χ1v) is 9.12. The van der Waals surface area contributed by atoms with Gasteiger partial charge in [0, 0.05) is 0 Å². The molecule has 3 rings (SSSR count). The van der Waals surface area contributed by atoms with Crippen molar-refractivity contribution >= 4 is 40.9 Å². The van der Waals surface area contributed by atoms with Crippen molar-refractivity contribution in [2.75, 3.05) is 12.0 Å². The lowest BCUT2D eigenvalue weighted by Gasteiger charge is -2.29. The summed E-state index contributed by atoms with van der Waals surface area (Å²) in [4.78, 5) is 26.7. The Morgan fingerprint density at radius 2 is 1.75 bits per heavy atom. The normalized spacial score (nSPS) is 15.8. The molecule has 1 aliphatic heterocycles. The summed E-state index contributed by atoms with van der Waals surface area (Å²) < 4.78 is 10.9. The lowest BCUT2D eigenvalue weighted by Crippen LogP contribution is -2.54. The van der Waals surface area contributed by atoms with Crippen molar-refractivity contribution < 1.29 is 19.1 Å². The molecular formula is C21H20N2O4S. The van der Waals surface area contributed by atoms with Crippen LogP contribution in [0.2, 0.25) is 0 Å². The molecule has 0 spiro atoms. The minimum absolute atomic E-state index is 0.0114. The molecule has 144 valence electrons. The molecule has 1 saturated heterocycles. The Hall–Kier alpha value is -3.19. The van der Waals surface area contributed by atoms with Crippen molar-refractivity contribution in [2.45, 2.75) is 20.0 Å². The van der Waals surface area contributed by atoms with Crippen molar-refractivity contribution in [1.29, 1.82) is 0 Å². The third-order valence-electron chi connectivity index (χ3n) is 3.99. The highest BCUT2D eigenvalue weighted by atomic mass is 32.1. The van der Waals surface area contributed by atoms with E-state index in [0.717, 1.165) is 0 Å². The molecule has 0 saturated carbocycles. The van der Waals surface area contributed by atoms with Gasteiger partial charge in [-0.15, -0.1) is 0 Å². The molecule has 0 aliphatic carbocycles. The van der Waals surface area contributed by atoms with Gasteiger partial charge in [-0.3, -0.25) is 14.9 Å². The molecule has 0 aromatic heterocycles. The molecular weight excluding hydrogens is 376 g/mol. The molecule has 2 aromatic carbocycles. The molecule has 1 fully saturated rings. The van der Waals surface area contributed by atoms with Crippen LogP contribution in [0.3, 0.4) is 0 Å². The fourth-order valence-corrected chi connectivity index (χ4v) is 3.05. The van der Waals surface area contributed by atoms with Crippen LogP contribution in [0, 0.1) is 0 Å². The smallest absolute Gasteiger partial charge is 0.270 e. The molecule has 1 N–H and O–H groups in total. The zero-order valence-electron chi connectivity index (χ0n) is 15.8. The highest BCUT2D eigenvalue weighted by Gasteiger charge is 2.35. The van der Waals surface area contributed by atoms with Gasteiger partial charge < -0.3 is 9.47 Å². The average molecular weight is 396 g/mol. The molecule has 1 heterocycles. The Morgan fingerprint density at radius 3 is 2.39 bits per heavy atom. The number of ether oxygens (including phenoxy) is 2. The Morgan fingerprint density at radius 1 is 1.07 bits per heavy atom. The first-order chi connectivity index (χ1) is 13.4. The van der Waals surface area contributed by atoms with Crippen LogP contribution in [0.15, 0.2) is 54.1 Å². The number of hydrogen-bond acceptors (Lipinski definition) is 5. The Balaban J connectivity index is 1.94. The van der Waals surface area contributed by atoms with Crippen LogP contribution in [0.5, 0.6) is 11.5 Å². The predicted molar refractivity (Wildman–Crippen MR) is 111 cm³/mol. The van der Waals surface area contributed by atoms with E-state index >= 15 is 0 Å². The average Bonchev–Trinajstić information content (AvgIpc) is 2.66. The molecule has 2 aromatic rings. The molecule has 0 bridgehead atoms. The van der Waals surface area contributed by atoms with Gasteiger partial charge >= 0.3 is 0 Å². The first-order valence-electron chi connectivity index (χ1n) is 8.72. The van der Waals surface area contributed by atoms with E-state index in [-0.39, 0.29) is 16.8 Å². The lowest BCUT2D eigenvalue weighted by atomic mass is 10.1. The van der Waals surface area contributed by atoms with E-state index in [1.54, 1.807) is 48.5 Å². The zero-order valence-corrected chi connectivity index (χ0v) is 16.6. The number of anilines is 1. The van der Waals surface area contributed by atoms with Gasteiger partial charge in [-0.25, -0.2) is 4.90 Å². The molecule has 2 amide bonds. The largest absolute Gasteiger partial charge is 0.495 e. The number of carbonyl (C=O) groups is 2. The fraction of sp³-hybridized carbons (Fsp3) is 0.190. The fourth-order valence-electron chi connectivity index (χ4n) is 2.77. The summed E-state index contributed by atoms with van der Waals surface area (Å²) in [6, 6.07) is 14.1. The van der Waals surface area contributed by atoms with E-state index < -0.39 is 11.8 Å². The minimum Gasteiger partial charge on any atom is -0.495 e. The van der Waals surface area contributed by atoms with E-state index in [1.807, 2.05) is 13.8 Å². The summed E-state index contributed by atoms with van der Waals surface area (Å²) in [5, 5.41) is 2.58. The maximum atomic E-state index is 13.1. The highest BCUT2D eigenvalue weighted by Crippen LogP contribution is 2.30. The number of carbonyl (C=O) groups excluding carboxylic acids is 2. The summed E-state index contributed by atoms with van der Waals surface area (Å²) in [7, 11) is 1.51. The summed E-state index contributed by atoms with van der Waals surface area (Å²) in [5.41, 5.74) is 1.14. The Bertz CT molecular complexity index is 951. The van der Waals surface area contributed by atoms with E-state index in [9.17, 15) is 9.59 Å². The Labute approximate surface area is 168 Å². The van der Waals surface area contributed by atoms with Gasteiger partial charge in [0.1, 0.15) is 17.1 Å². The molecule has 28 heavy (non-hydrogen) atoms. The number of nitrogens with one attached hydrogen (secondary N) is 1. The second-order valence-electron chi connectivity index (χ2n) is 6.37. The van der Waals surface area contributed by atoms with Crippen molar-refractivity contribution in [2.24, 2.45) is 0 Å². The molecule has 0 radical (unpaired) electrons. The predicted octanol–water partition coefficient (Wildman–Crippen LogP) is 3.31. The maximum absolute atomic E-state index is 13.1. The van der Waals surface area contributed by atoms with Crippen LogP contribution < -0.4 is 19.7 Å². The van der Waals surface area contributed by atoms with Gasteiger partial charge in [-0.2, -0.15) is 0 Å². The number of methoxy groups -OCH3 is 1. The van der Waals surface area contributed by atoms with Gasteiger partial charge in [0.2, 0.25) is 0 Å². The number of para-hydroxylation sites is 2. The van der Waals surface area contributed by atoms with Crippen molar-refractivity contribution in [3.63, 3.8) is 0 Å². The number of benzene rings is 2. The standard InChI is InChI=1S/C21H20N2O4S/c1-13(2)27-15-10-8-14(9-11-15)12-16-19(24)22-21(28)23(20(16)25)17-6-4-5-7-18(17)26-3/h4-13H,1-3H3,(H,22,24,28)/b16-12+. The quantitative estimate of drug-likeness (QED) is 0.477. The Kier molecular flexibility index (Phi) is 5.75. The third-order valence-corrected chi connectivity index (χ3v) is 4.28. The van der Waals surface area contributed by atoms with E-state index in [1.165, 1.54) is 18.1 Å². The van der Waals surface area contributed by atoms with Crippen LogP contribution in [-0.4, -0.2) is 30.1 Å². The van der Waals surface area contributed by atoms with Gasteiger partial charge in [-0.1, -0.05) is 24.3 Å². The maximum Gasteiger partial charge on any atom is 0.270 e. The number of thiocarbonyl (C=S) groups is 1. The molecule has 6 nitrogen and oxygen atoms in total. The zero-order chi connectivity index (χ0) is 20.3. The van der Waals surface area contributed by atoms with Crippen LogP contribution in [0.25, 0.3) is 6.08 Å². The van der Waals surface area contributed by atoms with Crippen molar-refractivity contribution in [3.8, 4) is 11.5 Å². The summed E-state index contributed by atoms with van der Waals surface area (Å²) in [5.74, 6) is 0.140. The van der Waals surface area contributed by atoms with Crippen molar-refractivity contribution in [1.82, 2.24) is 5.32 Å². The van der Waals surface area contributed by atoms with Crippen LogP contribution in [0.1, 0.15) is 19.4 Å².